The smallest absolute Gasteiger partial charge is 0.237 e. The van der Waals surface area contributed by atoms with Crippen molar-refractivity contribution in [2.24, 2.45) is 0 Å². The molecule has 0 N–H and O–H groups in total. The first-order valence-corrected chi connectivity index (χ1v) is 7.80. The Bertz CT molecular complexity index is 568. The molecule has 20 heavy (non-hydrogen) atoms. The van der Waals surface area contributed by atoms with E-state index in [-0.39, 0.29) is 5.91 Å². The highest BCUT2D eigenvalue weighted by Gasteiger charge is 2.15. The fourth-order valence-corrected chi connectivity index (χ4v) is 2.51. The molecular formula is C17H18BrNO. The molecule has 0 radical (unpaired) electrons. The molecule has 0 saturated carbocycles. The lowest BCUT2D eigenvalue weighted by Gasteiger charge is -2.24. The molecule has 0 aliphatic heterocycles. The molecule has 0 fully saturated rings. The van der Waals surface area contributed by atoms with Crippen LogP contribution in [-0.2, 0) is 11.2 Å². The Hall–Kier alpha value is -1.61. The molecule has 0 bridgehead atoms. The Morgan fingerprint density at radius 3 is 2.35 bits per heavy atom. The first-order chi connectivity index (χ1) is 9.72. The number of anilines is 1. The van der Waals surface area contributed by atoms with E-state index in [2.05, 4.69) is 28.1 Å². The van der Waals surface area contributed by atoms with Gasteiger partial charge in [-0.3, -0.25) is 4.79 Å². The largest absolute Gasteiger partial charge is 0.311 e. The van der Waals surface area contributed by atoms with E-state index in [0.717, 1.165) is 17.7 Å². The minimum absolute atomic E-state index is 0.0928. The highest BCUT2D eigenvalue weighted by molar-refractivity contribution is 9.09. The molecule has 0 saturated heterocycles. The van der Waals surface area contributed by atoms with Gasteiger partial charge < -0.3 is 4.90 Å². The summed E-state index contributed by atoms with van der Waals surface area (Å²) in [5.74, 6) is 0.0928. The number of alkyl halides is 1. The molecule has 0 spiro atoms. The van der Waals surface area contributed by atoms with Gasteiger partial charge in [0.1, 0.15) is 0 Å². The fraction of sp³-hybridized carbons (Fsp3) is 0.235. The normalized spacial score (nSPS) is 10.3. The molecule has 0 aliphatic rings. The van der Waals surface area contributed by atoms with Crippen LogP contribution in [0.2, 0.25) is 0 Å². The van der Waals surface area contributed by atoms with E-state index in [0.29, 0.717) is 11.9 Å². The highest BCUT2D eigenvalue weighted by atomic mass is 79.9. The Morgan fingerprint density at radius 2 is 1.70 bits per heavy atom. The van der Waals surface area contributed by atoms with Crippen LogP contribution in [0.3, 0.4) is 0 Å². The summed E-state index contributed by atoms with van der Waals surface area (Å²) in [4.78, 5) is 14.0. The minimum Gasteiger partial charge on any atom is -0.311 e. The number of rotatable bonds is 5. The molecule has 2 aromatic rings. The van der Waals surface area contributed by atoms with Gasteiger partial charge >= 0.3 is 0 Å². The summed E-state index contributed by atoms with van der Waals surface area (Å²) in [6.07, 6.45) is 0.855. The zero-order valence-corrected chi connectivity index (χ0v) is 13.1. The number of halogens is 1. The topological polar surface area (TPSA) is 20.3 Å². The first kappa shape index (κ1) is 14.8. The van der Waals surface area contributed by atoms with E-state index in [9.17, 15) is 4.79 Å². The summed E-state index contributed by atoms with van der Waals surface area (Å²) >= 11 is 3.27. The van der Waals surface area contributed by atoms with Gasteiger partial charge in [-0.15, -0.1) is 0 Å². The second kappa shape index (κ2) is 7.25. The lowest BCUT2D eigenvalue weighted by atomic mass is 10.1. The molecule has 0 unspecified atom stereocenters. The van der Waals surface area contributed by atoms with Gasteiger partial charge in [-0.2, -0.15) is 0 Å². The predicted molar refractivity (Wildman–Crippen MR) is 87.5 cm³/mol. The zero-order valence-electron chi connectivity index (χ0n) is 11.6. The van der Waals surface area contributed by atoms with Crippen LogP contribution in [0.1, 0.15) is 11.1 Å². The maximum absolute atomic E-state index is 12.2. The Labute approximate surface area is 128 Å². The highest BCUT2D eigenvalue weighted by Crippen LogP contribution is 2.20. The third-order valence-corrected chi connectivity index (χ3v) is 3.77. The Kier molecular flexibility index (Phi) is 5.36. The second-order valence-corrected chi connectivity index (χ2v) is 5.26. The van der Waals surface area contributed by atoms with Gasteiger partial charge in [0.25, 0.3) is 0 Å². The maximum Gasteiger partial charge on any atom is 0.237 e. The minimum atomic E-state index is 0.0928. The van der Waals surface area contributed by atoms with Crippen LogP contribution in [0.4, 0.5) is 5.69 Å². The van der Waals surface area contributed by atoms with E-state index in [1.54, 1.807) is 0 Å². The second-order valence-electron chi connectivity index (χ2n) is 4.70. The van der Waals surface area contributed by atoms with E-state index in [1.807, 2.05) is 54.3 Å². The van der Waals surface area contributed by atoms with Crippen molar-refractivity contribution < 1.29 is 4.79 Å². The van der Waals surface area contributed by atoms with Crippen LogP contribution in [0.25, 0.3) is 0 Å². The third kappa shape index (κ3) is 3.70. The summed E-state index contributed by atoms with van der Waals surface area (Å²) in [6, 6.07) is 18.2. The predicted octanol–water partition coefficient (Wildman–Crippen LogP) is 3.97. The molecule has 104 valence electrons. The molecular weight excluding hydrogens is 314 g/mol. The van der Waals surface area contributed by atoms with E-state index in [4.69, 9.17) is 0 Å². The fourth-order valence-electron chi connectivity index (χ4n) is 2.20. The van der Waals surface area contributed by atoms with Crippen LogP contribution in [0.5, 0.6) is 0 Å². The molecule has 0 aliphatic carbocycles. The maximum atomic E-state index is 12.2. The standard InChI is InChI=1S/C17H18BrNO/c1-14-7-5-6-10-16(14)19(17(20)13-18)12-11-15-8-3-2-4-9-15/h2-10H,11-13H2,1H3. The van der Waals surface area contributed by atoms with Gasteiger partial charge in [0, 0.05) is 12.2 Å². The number of nitrogens with zero attached hydrogens (tertiary/aromatic N) is 1. The molecule has 1 amide bonds. The molecule has 0 aromatic heterocycles. The summed E-state index contributed by atoms with van der Waals surface area (Å²) in [7, 11) is 0. The van der Waals surface area contributed by atoms with Crippen LogP contribution in [-0.4, -0.2) is 17.8 Å². The number of amides is 1. The number of hydrogen-bond acceptors (Lipinski definition) is 1. The average Bonchev–Trinajstić information content (AvgIpc) is 2.50. The van der Waals surface area contributed by atoms with Gasteiger partial charge in [0.2, 0.25) is 5.91 Å². The monoisotopic (exact) mass is 331 g/mol. The van der Waals surface area contributed by atoms with Crippen LogP contribution >= 0.6 is 15.9 Å². The summed E-state index contributed by atoms with van der Waals surface area (Å²) in [5, 5.41) is 0.343. The number of benzene rings is 2. The van der Waals surface area contributed by atoms with Crippen molar-refractivity contribution in [2.45, 2.75) is 13.3 Å². The van der Waals surface area contributed by atoms with Crippen molar-refractivity contribution in [1.82, 2.24) is 0 Å². The van der Waals surface area contributed by atoms with Crippen LogP contribution < -0.4 is 4.90 Å². The van der Waals surface area contributed by atoms with Gasteiger partial charge in [-0.1, -0.05) is 64.5 Å². The van der Waals surface area contributed by atoms with Crippen molar-refractivity contribution >= 4 is 27.5 Å². The average molecular weight is 332 g/mol. The summed E-state index contributed by atoms with van der Waals surface area (Å²) in [5.41, 5.74) is 3.36. The number of hydrogen-bond donors (Lipinski definition) is 0. The van der Waals surface area contributed by atoms with Crippen molar-refractivity contribution in [2.75, 3.05) is 16.8 Å². The number of para-hydroxylation sites is 1. The van der Waals surface area contributed by atoms with E-state index in [1.165, 1.54) is 5.56 Å². The molecule has 0 atom stereocenters. The lowest BCUT2D eigenvalue weighted by molar-refractivity contribution is -0.116. The van der Waals surface area contributed by atoms with E-state index < -0.39 is 0 Å². The molecule has 2 nitrogen and oxygen atoms in total. The van der Waals surface area contributed by atoms with Crippen LogP contribution in [0.15, 0.2) is 54.6 Å². The molecule has 2 rings (SSSR count). The third-order valence-electron chi connectivity index (χ3n) is 3.29. The molecule has 0 heterocycles. The van der Waals surface area contributed by atoms with Gasteiger partial charge in [-0.05, 0) is 30.5 Å². The molecule has 3 heteroatoms. The zero-order chi connectivity index (χ0) is 14.4. The SMILES string of the molecule is Cc1ccccc1N(CCc1ccccc1)C(=O)CBr. The van der Waals surface area contributed by atoms with Gasteiger partial charge in [-0.25, -0.2) is 0 Å². The Balaban J connectivity index is 2.17. The summed E-state index contributed by atoms with van der Waals surface area (Å²) < 4.78 is 0. The number of carbonyl (C=O) groups excluding carboxylic acids is 1. The molecule has 2 aromatic carbocycles. The quantitative estimate of drug-likeness (QED) is 0.759. The first-order valence-electron chi connectivity index (χ1n) is 6.68. The summed E-state index contributed by atoms with van der Waals surface area (Å²) in [6.45, 7) is 2.73. The number of aryl methyl sites for hydroxylation is 1. The van der Waals surface area contributed by atoms with Crippen LogP contribution in [0, 0.1) is 6.92 Å². The van der Waals surface area contributed by atoms with Crippen molar-refractivity contribution in [3.8, 4) is 0 Å². The van der Waals surface area contributed by atoms with E-state index >= 15 is 0 Å². The Morgan fingerprint density at radius 1 is 1.05 bits per heavy atom. The van der Waals surface area contributed by atoms with Crippen molar-refractivity contribution in [3.63, 3.8) is 0 Å². The lowest BCUT2D eigenvalue weighted by Crippen LogP contribution is -2.34. The van der Waals surface area contributed by atoms with Crippen molar-refractivity contribution in [3.05, 3.63) is 65.7 Å². The van der Waals surface area contributed by atoms with Gasteiger partial charge in [0.15, 0.2) is 0 Å². The van der Waals surface area contributed by atoms with Crippen molar-refractivity contribution in [1.29, 1.82) is 0 Å². The van der Waals surface area contributed by atoms with Gasteiger partial charge in [0.05, 0.1) is 5.33 Å². The number of carbonyl (C=O) groups is 1.